The summed E-state index contributed by atoms with van der Waals surface area (Å²) in [5.41, 5.74) is 3.02. The van der Waals surface area contributed by atoms with E-state index in [1.54, 1.807) is 12.1 Å². The third-order valence-corrected chi connectivity index (χ3v) is 4.77. The molecule has 0 unspecified atom stereocenters. The number of hydrogen-bond acceptors (Lipinski definition) is 5. The van der Waals surface area contributed by atoms with Crippen molar-refractivity contribution in [3.8, 4) is 5.75 Å². The van der Waals surface area contributed by atoms with Crippen LogP contribution in [0, 0.1) is 6.92 Å². The molecule has 0 saturated carbocycles. The van der Waals surface area contributed by atoms with E-state index in [9.17, 15) is 13.5 Å². The van der Waals surface area contributed by atoms with Crippen LogP contribution in [-0.2, 0) is 10.1 Å². The molecule has 0 spiro atoms. The van der Waals surface area contributed by atoms with Crippen LogP contribution in [0.15, 0.2) is 24.3 Å². The molecular weight excluding hydrogens is 400 g/mol. The first kappa shape index (κ1) is 26.2. The Kier molecular flexibility index (Phi) is 12.4. The van der Waals surface area contributed by atoms with Crippen molar-refractivity contribution < 1.29 is 18.1 Å². The van der Waals surface area contributed by atoms with Crippen LogP contribution in [0.1, 0.15) is 76.8 Å². The monoisotopic (exact) mass is 438 g/mol. The van der Waals surface area contributed by atoms with Gasteiger partial charge in [0.1, 0.15) is 5.75 Å². The molecule has 1 heterocycles. The van der Waals surface area contributed by atoms with Gasteiger partial charge in [-0.2, -0.15) is 8.42 Å². The van der Waals surface area contributed by atoms with Gasteiger partial charge in [0.15, 0.2) is 0 Å². The molecule has 0 aliphatic carbocycles. The molecule has 0 bridgehead atoms. The molecule has 0 amide bonds. The zero-order chi connectivity index (χ0) is 22.4. The largest absolute Gasteiger partial charge is 0.508 e. The minimum atomic E-state index is -3.67. The molecule has 0 saturated heterocycles. The number of nitrogens with zero attached hydrogens (tertiary/aromatic N) is 1. The van der Waals surface area contributed by atoms with Gasteiger partial charge in [-0.25, -0.2) is 0 Å². The zero-order valence-corrected chi connectivity index (χ0v) is 19.5. The Labute approximate surface area is 181 Å². The summed E-state index contributed by atoms with van der Waals surface area (Å²) < 4.78 is 25.9. The van der Waals surface area contributed by atoms with Gasteiger partial charge in [-0.1, -0.05) is 64.7 Å². The number of unbranched alkanes of at least 4 members (excludes halogenated alkanes) is 9. The Morgan fingerprint density at radius 2 is 1.47 bits per heavy atom. The predicted molar refractivity (Wildman–Crippen MR) is 126 cm³/mol. The molecule has 30 heavy (non-hydrogen) atoms. The van der Waals surface area contributed by atoms with Gasteiger partial charge in [0.05, 0.1) is 11.8 Å². The van der Waals surface area contributed by atoms with Gasteiger partial charge in [-0.15, -0.1) is 0 Å². The van der Waals surface area contributed by atoms with Gasteiger partial charge in [0.25, 0.3) is 10.1 Å². The van der Waals surface area contributed by atoms with Gasteiger partial charge >= 0.3 is 0 Å². The third kappa shape index (κ3) is 12.6. The summed E-state index contributed by atoms with van der Waals surface area (Å²) in [5.74, 6) is 0.292. The summed E-state index contributed by atoms with van der Waals surface area (Å²) in [5, 5.41) is 14.3. The molecule has 1 aromatic carbocycles. The Hall–Kier alpha value is -1.86. The number of rotatable bonds is 12. The smallest absolute Gasteiger partial charge is 0.261 e. The lowest BCUT2D eigenvalue weighted by Gasteiger charge is -2.11. The number of phenols is 1. The van der Waals surface area contributed by atoms with Crippen molar-refractivity contribution in [2.75, 3.05) is 18.1 Å². The van der Waals surface area contributed by atoms with Crippen LogP contribution in [0.5, 0.6) is 5.75 Å². The van der Waals surface area contributed by atoms with E-state index in [2.05, 4.69) is 23.3 Å². The van der Waals surface area contributed by atoms with Crippen LogP contribution in [0.25, 0.3) is 10.9 Å². The zero-order valence-electron chi connectivity index (χ0n) is 18.7. The number of anilines is 1. The molecule has 7 heteroatoms. The van der Waals surface area contributed by atoms with E-state index in [-0.39, 0.29) is 0 Å². The van der Waals surface area contributed by atoms with Crippen molar-refractivity contribution in [1.29, 1.82) is 0 Å². The van der Waals surface area contributed by atoms with E-state index >= 15 is 0 Å². The van der Waals surface area contributed by atoms with Gasteiger partial charge in [0.2, 0.25) is 0 Å². The second-order valence-electron chi connectivity index (χ2n) is 7.85. The Morgan fingerprint density at radius 1 is 0.933 bits per heavy atom. The van der Waals surface area contributed by atoms with E-state index in [4.69, 9.17) is 4.55 Å². The second kappa shape index (κ2) is 14.2. The van der Waals surface area contributed by atoms with Crippen LogP contribution in [-0.4, -0.2) is 35.9 Å². The average Bonchev–Trinajstić information content (AvgIpc) is 2.65. The molecule has 3 N–H and O–H groups in total. The first-order valence-corrected chi connectivity index (χ1v) is 12.8. The molecule has 170 valence electrons. The van der Waals surface area contributed by atoms with Crippen molar-refractivity contribution in [3.05, 3.63) is 30.0 Å². The number of hydrogen-bond donors (Lipinski definition) is 3. The highest BCUT2D eigenvalue weighted by Crippen LogP contribution is 2.26. The van der Waals surface area contributed by atoms with E-state index in [1.807, 2.05) is 13.0 Å². The summed E-state index contributed by atoms with van der Waals surface area (Å²) >= 11 is 0. The maximum Gasteiger partial charge on any atom is 0.261 e. The molecule has 0 atom stereocenters. The lowest BCUT2D eigenvalue weighted by atomic mass is 10.1. The van der Waals surface area contributed by atoms with Crippen molar-refractivity contribution in [3.63, 3.8) is 0 Å². The number of phenolic OH excluding ortho intramolecular Hbond substituents is 1. The van der Waals surface area contributed by atoms with E-state index in [1.165, 1.54) is 64.2 Å². The lowest BCUT2D eigenvalue weighted by Crippen LogP contribution is -2.03. The maximum atomic E-state index is 9.73. The second-order valence-corrected chi connectivity index (χ2v) is 9.32. The average molecular weight is 439 g/mol. The molecule has 0 radical (unpaired) electrons. The van der Waals surface area contributed by atoms with Crippen molar-refractivity contribution in [2.24, 2.45) is 0 Å². The number of benzene rings is 1. The minimum Gasteiger partial charge on any atom is -0.508 e. The highest BCUT2D eigenvalue weighted by molar-refractivity contribution is 7.85. The van der Waals surface area contributed by atoms with E-state index in [0.717, 1.165) is 28.8 Å². The Bertz CT molecular complexity index is 846. The third-order valence-electron chi connectivity index (χ3n) is 4.77. The van der Waals surface area contributed by atoms with E-state index < -0.39 is 10.1 Å². The number of pyridine rings is 1. The van der Waals surface area contributed by atoms with Gasteiger partial charge < -0.3 is 10.4 Å². The van der Waals surface area contributed by atoms with Crippen molar-refractivity contribution in [2.45, 2.75) is 78.1 Å². The normalized spacial score (nSPS) is 11.2. The lowest BCUT2D eigenvalue weighted by molar-refractivity contribution is 0.476. The molecule has 2 aromatic rings. The highest BCUT2D eigenvalue weighted by Gasteiger charge is 2.05. The molecule has 0 aliphatic heterocycles. The quantitative estimate of drug-likeness (QED) is 0.274. The fourth-order valence-corrected chi connectivity index (χ4v) is 3.33. The van der Waals surface area contributed by atoms with Crippen LogP contribution in [0.3, 0.4) is 0 Å². The fraction of sp³-hybridized carbons (Fsp3) is 0.609. The Morgan fingerprint density at radius 3 is 2.03 bits per heavy atom. The van der Waals surface area contributed by atoms with Gasteiger partial charge in [-0.3, -0.25) is 9.54 Å². The van der Waals surface area contributed by atoms with Crippen LogP contribution in [0.2, 0.25) is 0 Å². The molecule has 1 aromatic heterocycles. The number of aromatic nitrogens is 1. The predicted octanol–water partition coefficient (Wildman–Crippen LogP) is 6.09. The fourth-order valence-electron chi connectivity index (χ4n) is 3.33. The van der Waals surface area contributed by atoms with Gasteiger partial charge in [-0.05, 0) is 37.6 Å². The summed E-state index contributed by atoms with van der Waals surface area (Å²) in [6.07, 6.45) is 14.3. The van der Waals surface area contributed by atoms with Crippen molar-refractivity contribution >= 4 is 26.7 Å². The summed E-state index contributed by atoms with van der Waals surface area (Å²) in [6.45, 7) is 5.26. The molecular formula is C23H38N2O4S. The highest BCUT2D eigenvalue weighted by atomic mass is 32.2. The number of aromatic hydroxyl groups is 1. The molecule has 6 nitrogen and oxygen atoms in total. The number of fused-ring (bicyclic) bond motifs is 1. The van der Waals surface area contributed by atoms with Crippen molar-refractivity contribution in [1.82, 2.24) is 4.98 Å². The maximum absolute atomic E-state index is 9.73. The molecule has 2 rings (SSSR count). The first-order chi connectivity index (χ1) is 14.2. The summed E-state index contributed by atoms with van der Waals surface area (Å²) in [6, 6.07) is 7.44. The SMILES string of the molecule is CCCCCCCCCCCCNc1cc(C)nc2ccc(O)cc12.CS(=O)(=O)O. The minimum absolute atomic E-state index is 0.292. The van der Waals surface area contributed by atoms with E-state index in [0.29, 0.717) is 12.0 Å². The van der Waals surface area contributed by atoms with Crippen LogP contribution >= 0.6 is 0 Å². The number of nitrogens with one attached hydrogen (secondary N) is 1. The van der Waals surface area contributed by atoms with Gasteiger partial charge in [0, 0.05) is 23.3 Å². The summed E-state index contributed by atoms with van der Waals surface area (Å²) in [4.78, 5) is 4.53. The standard InChI is InChI=1S/C22H34N2O.CH4O3S/c1-3-4-5-6-7-8-9-10-11-12-15-23-22-16-18(2)24-21-14-13-19(25)17-20(21)22;1-5(2,3)4/h13-14,16-17,25H,3-12,15H2,1-2H3,(H,23,24);1H3,(H,2,3,4). The summed E-state index contributed by atoms with van der Waals surface area (Å²) in [7, 11) is -3.67. The Balaban J connectivity index is 0.000000804. The number of aryl methyl sites for hydroxylation is 1. The van der Waals surface area contributed by atoms with Crippen LogP contribution < -0.4 is 5.32 Å². The topological polar surface area (TPSA) is 99.5 Å². The first-order valence-electron chi connectivity index (χ1n) is 11.0. The molecule has 0 fully saturated rings. The molecule has 0 aliphatic rings. The van der Waals surface area contributed by atoms with Crippen LogP contribution in [0.4, 0.5) is 5.69 Å².